The molecule has 1 amide bonds. The molecule has 2 rings (SSSR count). The van der Waals surface area contributed by atoms with E-state index < -0.39 is 0 Å². The van der Waals surface area contributed by atoms with Crippen molar-refractivity contribution in [2.24, 2.45) is 0 Å². The molecule has 1 aromatic carbocycles. The molecule has 2 aromatic rings. The fraction of sp³-hybridized carbons (Fsp3) is 0.400. The smallest absolute Gasteiger partial charge is 0.226 e. The predicted molar refractivity (Wildman–Crippen MR) is 81.9 cm³/mol. The molecule has 0 unspecified atom stereocenters. The van der Waals surface area contributed by atoms with E-state index in [1.54, 1.807) is 12.1 Å². The molecule has 0 fully saturated rings. The van der Waals surface area contributed by atoms with Gasteiger partial charge in [0.15, 0.2) is 0 Å². The molecule has 1 aromatic heterocycles. The van der Waals surface area contributed by atoms with Gasteiger partial charge in [-0.2, -0.15) is 0 Å². The number of carbonyl (C=O) groups excluding carboxylic acids is 1. The fourth-order valence-corrected chi connectivity index (χ4v) is 2.62. The molecule has 1 heterocycles. The van der Waals surface area contributed by atoms with Gasteiger partial charge in [0.2, 0.25) is 11.0 Å². The molecule has 0 radical (unpaired) electrons. The number of hydrogen-bond acceptors (Lipinski definition) is 4. The van der Waals surface area contributed by atoms with Gasteiger partial charge in [-0.05, 0) is 30.5 Å². The maximum absolute atomic E-state index is 12.8. The summed E-state index contributed by atoms with van der Waals surface area (Å²) in [6.45, 7) is 2.12. The first-order chi connectivity index (χ1) is 10.2. The zero-order valence-electron chi connectivity index (χ0n) is 11.9. The van der Waals surface area contributed by atoms with Gasteiger partial charge in [0.05, 0.1) is 0 Å². The second-order valence-corrected chi connectivity index (χ2v) is 5.84. The molecule has 21 heavy (non-hydrogen) atoms. The Kier molecular flexibility index (Phi) is 5.80. The van der Waals surface area contributed by atoms with E-state index in [1.807, 2.05) is 0 Å². The first-order valence-corrected chi connectivity index (χ1v) is 7.85. The van der Waals surface area contributed by atoms with Crippen LogP contribution in [-0.2, 0) is 17.6 Å². The highest BCUT2D eigenvalue weighted by Gasteiger charge is 2.08. The van der Waals surface area contributed by atoms with E-state index in [0.29, 0.717) is 18.0 Å². The van der Waals surface area contributed by atoms with Crippen LogP contribution >= 0.6 is 11.3 Å². The van der Waals surface area contributed by atoms with Gasteiger partial charge in [-0.3, -0.25) is 4.79 Å². The third-order valence-corrected chi connectivity index (χ3v) is 3.91. The van der Waals surface area contributed by atoms with Crippen molar-refractivity contribution < 1.29 is 9.18 Å². The minimum absolute atomic E-state index is 0.0995. The topological polar surface area (TPSA) is 54.9 Å². The minimum Gasteiger partial charge on any atom is -0.301 e. The van der Waals surface area contributed by atoms with Crippen LogP contribution in [0.2, 0.25) is 0 Å². The number of amides is 1. The molecule has 0 saturated heterocycles. The Hall–Kier alpha value is -1.82. The highest BCUT2D eigenvalue weighted by atomic mass is 32.1. The number of nitrogens with one attached hydrogen (secondary N) is 1. The third-order valence-electron chi connectivity index (χ3n) is 3.01. The van der Waals surface area contributed by atoms with E-state index in [0.717, 1.165) is 29.8 Å². The Morgan fingerprint density at radius 1 is 1.24 bits per heavy atom. The van der Waals surface area contributed by atoms with Crippen LogP contribution in [0.15, 0.2) is 24.3 Å². The monoisotopic (exact) mass is 307 g/mol. The molecule has 0 atom stereocenters. The van der Waals surface area contributed by atoms with Gasteiger partial charge < -0.3 is 5.32 Å². The van der Waals surface area contributed by atoms with E-state index in [4.69, 9.17) is 0 Å². The van der Waals surface area contributed by atoms with Crippen LogP contribution in [0.5, 0.6) is 0 Å². The van der Waals surface area contributed by atoms with E-state index >= 15 is 0 Å². The lowest BCUT2D eigenvalue weighted by atomic mass is 10.1. The Balaban J connectivity index is 1.78. The number of benzene rings is 1. The molecular weight excluding hydrogens is 289 g/mol. The maximum atomic E-state index is 12.8. The number of aromatic nitrogens is 2. The Bertz CT molecular complexity index is 583. The number of anilines is 1. The largest absolute Gasteiger partial charge is 0.301 e. The predicted octanol–water partition coefficient (Wildman–Crippen LogP) is 3.59. The first kappa shape index (κ1) is 15.6. The molecule has 1 N–H and O–H groups in total. The van der Waals surface area contributed by atoms with Crippen molar-refractivity contribution in [2.45, 2.75) is 39.0 Å². The summed E-state index contributed by atoms with van der Waals surface area (Å²) in [6.07, 6.45) is 4.01. The SMILES string of the molecule is CCCCc1nnc(NC(=O)CCc2ccc(F)cc2)s1. The number of nitrogens with zero attached hydrogens (tertiary/aromatic N) is 2. The highest BCUT2D eigenvalue weighted by molar-refractivity contribution is 7.15. The van der Waals surface area contributed by atoms with Crippen LogP contribution in [0.25, 0.3) is 0 Å². The van der Waals surface area contributed by atoms with Crippen LogP contribution in [-0.4, -0.2) is 16.1 Å². The molecule has 4 nitrogen and oxygen atoms in total. The summed E-state index contributed by atoms with van der Waals surface area (Å²) in [5.41, 5.74) is 0.937. The fourth-order valence-electron chi connectivity index (χ4n) is 1.82. The lowest BCUT2D eigenvalue weighted by Crippen LogP contribution is -2.12. The number of carbonyl (C=O) groups is 1. The Labute approximate surface area is 127 Å². The molecule has 112 valence electrons. The van der Waals surface area contributed by atoms with Gasteiger partial charge in [-0.1, -0.05) is 36.8 Å². The van der Waals surface area contributed by atoms with E-state index in [9.17, 15) is 9.18 Å². The van der Waals surface area contributed by atoms with Crippen LogP contribution in [0.1, 0.15) is 36.8 Å². The molecule has 6 heteroatoms. The molecule has 0 aliphatic carbocycles. The average Bonchev–Trinajstić information content (AvgIpc) is 2.92. The average molecular weight is 307 g/mol. The Morgan fingerprint density at radius 2 is 2.00 bits per heavy atom. The number of halogens is 1. The van der Waals surface area contributed by atoms with E-state index in [1.165, 1.54) is 23.5 Å². The van der Waals surface area contributed by atoms with Gasteiger partial charge >= 0.3 is 0 Å². The molecule has 0 aliphatic rings. The molecule has 0 aliphatic heterocycles. The zero-order chi connectivity index (χ0) is 15.1. The van der Waals surface area contributed by atoms with Gasteiger partial charge in [0.25, 0.3) is 0 Å². The van der Waals surface area contributed by atoms with Gasteiger partial charge in [-0.25, -0.2) is 4.39 Å². The summed E-state index contributed by atoms with van der Waals surface area (Å²) < 4.78 is 12.8. The van der Waals surface area contributed by atoms with Crippen molar-refractivity contribution in [3.8, 4) is 0 Å². The number of aryl methyl sites for hydroxylation is 2. The van der Waals surface area contributed by atoms with Gasteiger partial charge in [-0.15, -0.1) is 10.2 Å². The normalized spacial score (nSPS) is 10.6. The van der Waals surface area contributed by atoms with Crippen molar-refractivity contribution in [1.29, 1.82) is 0 Å². The number of unbranched alkanes of at least 4 members (excludes halogenated alkanes) is 1. The van der Waals surface area contributed by atoms with Gasteiger partial charge in [0.1, 0.15) is 10.8 Å². The number of hydrogen-bond donors (Lipinski definition) is 1. The van der Waals surface area contributed by atoms with E-state index in [2.05, 4.69) is 22.4 Å². The summed E-state index contributed by atoms with van der Waals surface area (Å²) in [4.78, 5) is 11.8. The summed E-state index contributed by atoms with van der Waals surface area (Å²) in [6, 6.07) is 6.18. The first-order valence-electron chi connectivity index (χ1n) is 7.04. The van der Waals surface area contributed by atoms with Crippen LogP contribution in [0.4, 0.5) is 9.52 Å². The third kappa shape index (κ3) is 5.23. The number of rotatable bonds is 7. The Morgan fingerprint density at radius 3 is 2.71 bits per heavy atom. The summed E-state index contributed by atoms with van der Waals surface area (Å²) >= 11 is 1.42. The lowest BCUT2D eigenvalue weighted by molar-refractivity contribution is -0.116. The van der Waals surface area contributed by atoms with E-state index in [-0.39, 0.29) is 11.7 Å². The molecule has 0 bridgehead atoms. The summed E-state index contributed by atoms with van der Waals surface area (Å²) in [7, 11) is 0. The highest BCUT2D eigenvalue weighted by Crippen LogP contribution is 2.17. The molecule has 0 saturated carbocycles. The quantitative estimate of drug-likeness (QED) is 0.850. The lowest BCUT2D eigenvalue weighted by Gasteiger charge is -2.01. The maximum Gasteiger partial charge on any atom is 0.226 e. The summed E-state index contributed by atoms with van der Waals surface area (Å²) in [5.74, 6) is -0.366. The van der Waals surface area contributed by atoms with Crippen LogP contribution < -0.4 is 5.32 Å². The van der Waals surface area contributed by atoms with Crippen LogP contribution in [0, 0.1) is 5.82 Å². The van der Waals surface area contributed by atoms with Crippen molar-refractivity contribution in [3.63, 3.8) is 0 Å². The van der Waals surface area contributed by atoms with Crippen molar-refractivity contribution in [1.82, 2.24) is 10.2 Å². The minimum atomic E-state index is -0.267. The summed E-state index contributed by atoms with van der Waals surface area (Å²) in [5, 5.41) is 12.3. The standard InChI is InChI=1S/C15H18FN3OS/c1-2-3-4-14-18-19-15(21-14)17-13(20)10-7-11-5-8-12(16)9-6-11/h5-6,8-9H,2-4,7,10H2,1H3,(H,17,19,20). The molecular formula is C15H18FN3OS. The molecule has 0 spiro atoms. The van der Waals surface area contributed by atoms with Crippen molar-refractivity contribution >= 4 is 22.4 Å². The van der Waals surface area contributed by atoms with Gasteiger partial charge in [0, 0.05) is 12.8 Å². The zero-order valence-corrected chi connectivity index (χ0v) is 12.8. The second kappa shape index (κ2) is 7.83. The van der Waals surface area contributed by atoms with Crippen LogP contribution in [0.3, 0.4) is 0 Å². The second-order valence-electron chi connectivity index (χ2n) is 4.78. The van der Waals surface area contributed by atoms with Crippen molar-refractivity contribution in [3.05, 3.63) is 40.7 Å². The van der Waals surface area contributed by atoms with Crippen molar-refractivity contribution in [2.75, 3.05) is 5.32 Å².